The Bertz CT molecular complexity index is 848. The number of rotatable bonds is 1. The molecule has 3 aromatic heterocycles. The molecule has 0 bridgehead atoms. The van der Waals surface area contributed by atoms with E-state index in [0.717, 1.165) is 11.3 Å². The van der Waals surface area contributed by atoms with E-state index in [1.54, 1.807) is 19.9 Å². The van der Waals surface area contributed by atoms with E-state index < -0.39 is 0 Å². The molecule has 0 aromatic carbocycles. The van der Waals surface area contributed by atoms with E-state index in [-0.39, 0.29) is 11.1 Å². The Hall–Kier alpha value is -2.57. The highest BCUT2D eigenvalue weighted by Gasteiger charge is 2.10. The summed E-state index contributed by atoms with van der Waals surface area (Å²) >= 11 is 0. The van der Waals surface area contributed by atoms with Gasteiger partial charge in [-0.3, -0.25) is 24.9 Å². The average molecular weight is 245 g/mol. The number of aromatic amines is 3. The molecule has 3 heterocycles. The van der Waals surface area contributed by atoms with Crippen LogP contribution in [0.3, 0.4) is 0 Å². The SMILES string of the molecule is Cc1cc(=O)n(-c2cc(C)c3c(=O)[nH][nH]c3n2)[nH]1. The van der Waals surface area contributed by atoms with Crippen molar-refractivity contribution in [2.24, 2.45) is 0 Å². The fourth-order valence-corrected chi connectivity index (χ4v) is 2.01. The molecule has 7 nitrogen and oxygen atoms in total. The molecule has 3 aromatic rings. The van der Waals surface area contributed by atoms with Crippen molar-refractivity contribution < 1.29 is 0 Å². The van der Waals surface area contributed by atoms with Gasteiger partial charge in [-0.2, -0.15) is 0 Å². The summed E-state index contributed by atoms with van der Waals surface area (Å²) in [7, 11) is 0. The Morgan fingerprint density at radius 1 is 1.17 bits per heavy atom. The first-order chi connectivity index (χ1) is 8.56. The van der Waals surface area contributed by atoms with Crippen molar-refractivity contribution in [2.45, 2.75) is 13.8 Å². The van der Waals surface area contributed by atoms with Crippen molar-refractivity contribution in [3.8, 4) is 5.82 Å². The standard InChI is InChI=1S/C11H11N5O2/c1-5-3-7(16-8(17)4-6(2)15-16)12-10-9(5)11(18)14-13-10/h3-4,15H,1-2H3,(H2,12,13,14,18). The fraction of sp³-hybridized carbons (Fsp3) is 0.182. The molecule has 0 aliphatic rings. The second-order valence-corrected chi connectivity index (χ2v) is 4.21. The van der Waals surface area contributed by atoms with Crippen LogP contribution in [-0.4, -0.2) is 25.0 Å². The lowest BCUT2D eigenvalue weighted by atomic mass is 10.2. The van der Waals surface area contributed by atoms with Crippen LogP contribution >= 0.6 is 0 Å². The van der Waals surface area contributed by atoms with E-state index in [0.29, 0.717) is 16.9 Å². The molecule has 0 unspecified atom stereocenters. The summed E-state index contributed by atoms with van der Waals surface area (Å²) in [6, 6.07) is 3.18. The van der Waals surface area contributed by atoms with E-state index in [1.165, 1.54) is 10.7 Å². The van der Waals surface area contributed by atoms with Gasteiger partial charge in [-0.1, -0.05) is 0 Å². The minimum absolute atomic E-state index is 0.184. The van der Waals surface area contributed by atoms with Gasteiger partial charge in [-0.25, -0.2) is 9.67 Å². The van der Waals surface area contributed by atoms with Crippen LogP contribution in [-0.2, 0) is 0 Å². The van der Waals surface area contributed by atoms with Gasteiger partial charge in [0.1, 0.15) is 0 Å². The normalized spacial score (nSPS) is 11.2. The highest BCUT2D eigenvalue weighted by atomic mass is 16.1. The van der Waals surface area contributed by atoms with Gasteiger partial charge < -0.3 is 0 Å². The summed E-state index contributed by atoms with van der Waals surface area (Å²) in [6.45, 7) is 3.60. The monoisotopic (exact) mass is 245 g/mol. The minimum Gasteiger partial charge on any atom is -0.294 e. The lowest BCUT2D eigenvalue weighted by molar-refractivity contribution is 0.809. The molecule has 0 atom stereocenters. The molecule has 0 aliphatic heterocycles. The Kier molecular flexibility index (Phi) is 2.03. The highest BCUT2D eigenvalue weighted by Crippen LogP contribution is 2.13. The number of aryl methyl sites for hydroxylation is 2. The molecule has 0 spiro atoms. The first-order valence-electron chi connectivity index (χ1n) is 5.43. The van der Waals surface area contributed by atoms with Gasteiger partial charge in [0.15, 0.2) is 11.5 Å². The molecule has 18 heavy (non-hydrogen) atoms. The molecule has 7 heteroatoms. The lowest BCUT2D eigenvalue weighted by Crippen LogP contribution is -2.15. The maximum Gasteiger partial charge on any atom is 0.273 e. The van der Waals surface area contributed by atoms with Crippen LogP contribution in [0.2, 0.25) is 0 Å². The quantitative estimate of drug-likeness (QED) is 0.576. The van der Waals surface area contributed by atoms with E-state index in [1.807, 2.05) is 0 Å². The van der Waals surface area contributed by atoms with Crippen molar-refractivity contribution >= 4 is 11.0 Å². The first-order valence-corrected chi connectivity index (χ1v) is 5.43. The summed E-state index contributed by atoms with van der Waals surface area (Å²) in [5.74, 6) is 0.452. The number of nitrogens with zero attached hydrogens (tertiary/aromatic N) is 2. The van der Waals surface area contributed by atoms with Crippen molar-refractivity contribution in [1.82, 2.24) is 25.0 Å². The van der Waals surface area contributed by atoms with Crippen molar-refractivity contribution in [2.75, 3.05) is 0 Å². The van der Waals surface area contributed by atoms with Gasteiger partial charge in [0.25, 0.3) is 11.1 Å². The third kappa shape index (κ3) is 1.41. The first kappa shape index (κ1) is 10.6. The summed E-state index contributed by atoms with van der Waals surface area (Å²) in [6.07, 6.45) is 0. The molecule has 3 rings (SSSR count). The topological polar surface area (TPSA) is 99.3 Å². The van der Waals surface area contributed by atoms with Crippen LogP contribution in [0.4, 0.5) is 0 Å². The number of hydrogen-bond donors (Lipinski definition) is 3. The van der Waals surface area contributed by atoms with Gasteiger partial charge in [0, 0.05) is 11.8 Å². The Morgan fingerprint density at radius 2 is 1.94 bits per heavy atom. The van der Waals surface area contributed by atoms with Crippen LogP contribution in [0.15, 0.2) is 21.7 Å². The third-order valence-corrected chi connectivity index (χ3v) is 2.80. The second kappa shape index (κ2) is 3.46. The Balaban J connectivity index is 2.34. The average Bonchev–Trinajstić information content (AvgIpc) is 2.82. The molecule has 92 valence electrons. The predicted molar refractivity (Wildman–Crippen MR) is 66.1 cm³/mol. The number of fused-ring (bicyclic) bond motifs is 1. The van der Waals surface area contributed by atoms with E-state index >= 15 is 0 Å². The Labute approximate surface area is 100 Å². The zero-order valence-electron chi connectivity index (χ0n) is 9.87. The zero-order chi connectivity index (χ0) is 12.9. The number of H-pyrrole nitrogens is 3. The van der Waals surface area contributed by atoms with Crippen LogP contribution in [0.25, 0.3) is 16.9 Å². The maximum absolute atomic E-state index is 11.7. The number of nitrogens with one attached hydrogen (secondary N) is 3. The maximum atomic E-state index is 11.7. The molecule has 3 N–H and O–H groups in total. The number of pyridine rings is 1. The van der Waals surface area contributed by atoms with Crippen molar-refractivity contribution in [1.29, 1.82) is 0 Å². The molecular formula is C11H11N5O2. The molecule has 0 radical (unpaired) electrons. The number of aromatic nitrogens is 5. The second-order valence-electron chi connectivity index (χ2n) is 4.21. The molecule has 0 saturated heterocycles. The van der Waals surface area contributed by atoms with E-state index in [4.69, 9.17) is 0 Å². The molecule has 0 fully saturated rings. The summed E-state index contributed by atoms with van der Waals surface area (Å²) in [4.78, 5) is 27.5. The summed E-state index contributed by atoms with van der Waals surface area (Å²) < 4.78 is 1.34. The van der Waals surface area contributed by atoms with Gasteiger partial charge in [-0.15, -0.1) is 0 Å². The van der Waals surface area contributed by atoms with Gasteiger partial charge in [0.2, 0.25) is 0 Å². The van der Waals surface area contributed by atoms with Crippen molar-refractivity contribution in [3.63, 3.8) is 0 Å². The van der Waals surface area contributed by atoms with Gasteiger partial charge in [-0.05, 0) is 25.5 Å². The predicted octanol–water partition coefficient (Wildman–Crippen LogP) is 0.347. The highest BCUT2D eigenvalue weighted by molar-refractivity contribution is 5.78. The molecule has 0 saturated carbocycles. The van der Waals surface area contributed by atoms with E-state index in [9.17, 15) is 9.59 Å². The lowest BCUT2D eigenvalue weighted by Gasteiger charge is -2.02. The smallest absolute Gasteiger partial charge is 0.273 e. The largest absolute Gasteiger partial charge is 0.294 e. The van der Waals surface area contributed by atoms with Crippen LogP contribution in [0.1, 0.15) is 11.3 Å². The van der Waals surface area contributed by atoms with Crippen LogP contribution in [0, 0.1) is 13.8 Å². The molecular weight excluding hydrogens is 234 g/mol. The summed E-state index contributed by atoms with van der Waals surface area (Å²) in [5.41, 5.74) is 1.56. The van der Waals surface area contributed by atoms with Gasteiger partial charge >= 0.3 is 0 Å². The van der Waals surface area contributed by atoms with Crippen LogP contribution < -0.4 is 11.1 Å². The summed E-state index contributed by atoms with van der Waals surface area (Å²) in [5, 5.41) is 8.57. The van der Waals surface area contributed by atoms with E-state index in [2.05, 4.69) is 20.3 Å². The minimum atomic E-state index is -0.212. The van der Waals surface area contributed by atoms with Gasteiger partial charge in [0.05, 0.1) is 5.39 Å². The van der Waals surface area contributed by atoms with Crippen LogP contribution in [0.5, 0.6) is 0 Å². The van der Waals surface area contributed by atoms with Crippen molar-refractivity contribution in [3.05, 3.63) is 44.1 Å². The fourth-order valence-electron chi connectivity index (χ4n) is 2.01. The number of hydrogen-bond acceptors (Lipinski definition) is 3. The third-order valence-electron chi connectivity index (χ3n) is 2.80. The molecule has 0 aliphatic carbocycles. The Morgan fingerprint density at radius 3 is 2.61 bits per heavy atom. The molecule has 0 amide bonds. The zero-order valence-corrected chi connectivity index (χ0v) is 9.87.